The minimum Gasteiger partial charge on any atom is -0.399 e. The van der Waals surface area contributed by atoms with Crippen LogP contribution in [-0.2, 0) is 12.0 Å². The molecule has 2 aromatic carbocycles. The molecule has 0 saturated carbocycles. The Hall–Kier alpha value is -2.39. The van der Waals surface area contributed by atoms with E-state index >= 15 is 0 Å². The topological polar surface area (TPSA) is 64.9 Å². The van der Waals surface area contributed by atoms with E-state index in [1.807, 2.05) is 30.5 Å². The zero-order valence-corrected chi connectivity index (χ0v) is 13.9. The third kappa shape index (κ3) is 2.92. The molecule has 3 rings (SSSR count). The van der Waals surface area contributed by atoms with Gasteiger partial charge in [-0.25, -0.2) is 0 Å². The molecule has 1 aromatic heterocycles. The molecule has 3 nitrogen and oxygen atoms in total. The minimum atomic E-state index is 0.0945. The number of hydrogen-bond donors (Lipinski definition) is 2. The molecule has 4 N–H and O–H groups in total. The van der Waals surface area contributed by atoms with Gasteiger partial charge in [0.2, 0.25) is 0 Å². The third-order valence-corrected chi connectivity index (χ3v) is 4.25. The molecule has 0 fully saturated rings. The lowest BCUT2D eigenvalue weighted by molar-refractivity contribution is 0.591. The molecule has 3 aromatic rings. The van der Waals surface area contributed by atoms with Gasteiger partial charge < -0.3 is 11.5 Å². The molecule has 3 heteroatoms. The molecule has 0 unspecified atom stereocenters. The average molecular weight is 305 g/mol. The molecule has 0 amide bonds. The molecule has 0 spiro atoms. The van der Waals surface area contributed by atoms with Gasteiger partial charge in [-0.3, -0.25) is 4.98 Å². The molecule has 0 atom stereocenters. The van der Waals surface area contributed by atoms with Gasteiger partial charge >= 0.3 is 0 Å². The third-order valence-electron chi connectivity index (χ3n) is 4.25. The highest BCUT2D eigenvalue weighted by atomic mass is 14.7. The van der Waals surface area contributed by atoms with E-state index in [9.17, 15) is 0 Å². The van der Waals surface area contributed by atoms with Gasteiger partial charge in [0.05, 0.1) is 5.69 Å². The van der Waals surface area contributed by atoms with E-state index in [2.05, 4.69) is 44.0 Å². The van der Waals surface area contributed by atoms with Gasteiger partial charge in [0.15, 0.2) is 0 Å². The van der Waals surface area contributed by atoms with Crippen molar-refractivity contribution in [3.8, 4) is 11.1 Å². The summed E-state index contributed by atoms with van der Waals surface area (Å²) in [4.78, 5) is 4.59. The van der Waals surface area contributed by atoms with Crippen molar-refractivity contribution in [2.75, 3.05) is 5.73 Å². The Morgan fingerprint density at radius 2 is 1.65 bits per heavy atom. The number of nitrogens with zero attached hydrogens (tertiary/aromatic N) is 1. The second-order valence-electron chi connectivity index (χ2n) is 6.96. The van der Waals surface area contributed by atoms with Crippen LogP contribution in [0.15, 0.2) is 48.7 Å². The van der Waals surface area contributed by atoms with Crippen molar-refractivity contribution in [3.63, 3.8) is 0 Å². The molecule has 1 heterocycles. The number of anilines is 1. The van der Waals surface area contributed by atoms with E-state index in [0.29, 0.717) is 6.54 Å². The molecule has 0 saturated heterocycles. The molecule has 0 radical (unpaired) electrons. The second kappa shape index (κ2) is 5.67. The van der Waals surface area contributed by atoms with Crippen molar-refractivity contribution in [1.82, 2.24) is 4.98 Å². The summed E-state index contributed by atoms with van der Waals surface area (Å²) in [6.45, 7) is 7.08. The first-order valence-electron chi connectivity index (χ1n) is 7.88. The quantitative estimate of drug-likeness (QED) is 0.696. The fraction of sp³-hybridized carbons (Fsp3) is 0.250. The minimum absolute atomic E-state index is 0.0945. The van der Waals surface area contributed by atoms with Crippen molar-refractivity contribution < 1.29 is 0 Å². The monoisotopic (exact) mass is 305 g/mol. The van der Waals surface area contributed by atoms with Gasteiger partial charge in [-0.05, 0) is 40.1 Å². The van der Waals surface area contributed by atoms with Crippen molar-refractivity contribution in [1.29, 1.82) is 0 Å². The number of nitrogen functional groups attached to an aromatic ring is 1. The van der Waals surface area contributed by atoms with Gasteiger partial charge in [0.25, 0.3) is 0 Å². The summed E-state index contributed by atoms with van der Waals surface area (Å²) in [5.41, 5.74) is 17.0. The highest BCUT2D eigenvalue weighted by Crippen LogP contribution is 2.33. The van der Waals surface area contributed by atoms with Crippen molar-refractivity contribution >= 4 is 16.5 Å². The van der Waals surface area contributed by atoms with Crippen LogP contribution in [0, 0.1) is 0 Å². The summed E-state index contributed by atoms with van der Waals surface area (Å²) in [5.74, 6) is 0. The number of hydrogen-bond acceptors (Lipinski definition) is 3. The number of aromatic nitrogens is 1. The van der Waals surface area contributed by atoms with Crippen LogP contribution in [0.3, 0.4) is 0 Å². The summed E-state index contributed by atoms with van der Waals surface area (Å²) in [7, 11) is 0. The van der Waals surface area contributed by atoms with Crippen LogP contribution in [0.5, 0.6) is 0 Å². The summed E-state index contributed by atoms with van der Waals surface area (Å²) in [5, 5.41) is 2.31. The van der Waals surface area contributed by atoms with Crippen LogP contribution < -0.4 is 11.5 Å². The lowest BCUT2D eigenvalue weighted by Crippen LogP contribution is -2.11. The van der Waals surface area contributed by atoms with E-state index < -0.39 is 0 Å². The maximum atomic E-state index is 5.90. The van der Waals surface area contributed by atoms with Gasteiger partial charge in [0.1, 0.15) is 0 Å². The molecular weight excluding hydrogens is 282 g/mol. The molecule has 0 aliphatic carbocycles. The summed E-state index contributed by atoms with van der Waals surface area (Å²) in [6, 6.07) is 14.5. The zero-order chi connectivity index (χ0) is 16.6. The van der Waals surface area contributed by atoms with E-state index in [-0.39, 0.29) is 5.41 Å². The van der Waals surface area contributed by atoms with Gasteiger partial charge in [0, 0.05) is 29.4 Å². The highest BCUT2D eigenvalue weighted by Gasteiger charge is 2.16. The van der Waals surface area contributed by atoms with Gasteiger partial charge in [-0.1, -0.05) is 45.0 Å². The first kappa shape index (κ1) is 15.5. The van der Waals surface area contributed by atoms with E-state index in [0.717, 1.165) is 27.9 Å². The number of benzene rings is 2. The SMILES string of the molecule is CC(C)(C)c1ccc2c(-c3ccc(N)cc3)cnc(CN)c2c1. The Balaban J connectivity index is 2.27. The van der Waals surface area contributed by atoms with Crippen LogP contribution in [0.1, 0.15) is 32.0 Å². The predicted molar refractivity (Wildman–Crippen MR) is 98.2 cm³/mol. The van der Waals surface area contributed by atoms with Gasteiger partial charge in [-0.15, -0.1) is 0 Å². The number of rotatable bonds is 2. The van der Waals surface area contributed by atoms with Crippen LogP contribution in [0.4, 0.5) is 5.69 Å². The summed E-state index contributed by atoms with van der Waals surface area (Å²) >= 11 is 0. The molecule has 118 valence electrons. The average Bonchev–Trinajstić information content (AvgIpc) is 2.53. The fourth-order valence-electron chi connectivity index (χ4n) is 2.82. The number of pyridine rings is 1. The van der Waals surface area contributed by atoms with Crippen molar-refractivity contribution in [3.05, 3.63) is 59.9 Å². The first-order valence-corrected chi connectivity index (χ1v) is 7.88. The van der Waals surface area contributed by atoms with Crippen LogP contribution >= 0.6 is 0 Å². The second-order valence-corrected chi connectivity index (χ2v) is 6.96. The lowest BCUT2D eigenvalue weighted by atomic mass is 9.85. The summed E-state index contributed by atoms with van der Waals surface area (Å²) < 4.78 is 0. The van der Waals surface area contributed by atoms with Gasteiger partial charge in [-0.2, -0.15) is 0 Å². The summed E-state index contributed by atoms with van der Waals surface area (Å²) in [6.07, 6.45) is 1.91. The molecule has 0 aliphatic heterocycles. The largest absolute Gasteiger partial charge is 0.399 e. The predicted octanol–water partition coefficient (Wildman–Crippen LogP) is 4.24. The number of nitrogens with two attached hydrogens (primary N) is 2. The fourth-order valence-corrected chi connectivity index (χ4v) is 2.82. The van der Waals surface area contributed by atoms with E-state index in [4.69, 9.17) is 11.5 Å². The van der Waals surface area contributed by atoms with E-state index in [1.165, 1.54) is 10.9 Å². The normalized spacial score (nSPS) is 11.8. The number of fused-ring (bicyclic) bond motifs is 1. The van der Waals surface area contributed by atoms with Crippen LogP contribution in [-0.4, -0.2) is 4.98 Å². The van der Waals surface area contributed by atoms with Crippen LogP contribution in [0.25, 0.3) is 21.9 Å². The maximum absolute atomic E-state index is 5.90. The molecular formula is C20H23N3. The zero-order valence-electron chi connectivity index (χ0n) is 13.9. The molecule has 0 aliphatic rings. The van der Waals surface area contributed by atoms with Crippen molar-refractivity contribution in [2.24, 2.45) is 5.73 Å². The molecule has 0 bridgehead atoms. The Morgan fingerprint density at radius 3 is 2.26 bits per heavy atom. The Labute approximate surface area is 137 Å². The maximum Gasteiger partial charge on any atom is 0.0618 e. The standard InChI is InChI=1S/C20H23N3/c1-20(2,3)14-6-9-16-17(10-14)19(11-21)23-12-18(16)13-4-7-15(22)8-5-13/h4-10,12H,11,21-22H2,1-3H3. The first-order chi connectivity index (χ1) is 10.9. The lowest BCUT2D eigenvalue weighted by Gasteiger charge is -2.20. The Bertz CT molecular complexity index is 843. The smallest absolute Gasteiger partial charge is 0.0618 e. The Kier molecular flexibility index (Phi) is 3.82. The van der Waals surface area contributed by atoms with Crippen LogP contribution in [0.2, 0.25) is 0 Å². The molecule has 23 heavy (non-hydrogen) atoms. The highest BCUT2D eigenvalue weighted by molar-refractivity contribution is 5.98. The van der Waals surface area contributed by atoms with E-state index in [1.54, 1.807) is 0 Å². The Morgan fingerprint density at radius 1 is 0.957 bits per heavy atom. The van der Waals surface area contributed by atoms with Crippen molar-refractivity contribution in [2.45, 2.75) is 32.7 Å².